The summed E-state index contributed by atoms with van der Waals surface area (Å²) >= 11 is 9.57. The predicted molar refractivity (Wildman–Crippen MR) is 72.9 cm³/mol. The van der Waals surface area contributed by atoms with Crippen molar-refractivity contribution in [1.29, 1.82) is 0 Å². The lowest BCUT2D eigenvalue weighted by molar-refractivity contribution is 0.265. The molecule has 0 radical (unpaired) electrons. The quantitative estimate of drug-likeness (QED) is 0.860. The number of halogens is 2. The smallest absolute Gasteiger partial charge is 0.0420 e. The standard InChI is InChI=1S/C13H17BrClN/c1-16-13(5-9-3-2-4-9)10-6-11(14)8-12(15)7-10/h6-9,13,16H,2-5H2,1H3. The summed E-state index contributed by atoms with van der Waals surface area (Å²) in [6.07, 6.45) is 5.41. The molecule has 3 heteroatoms. The van der Waals surface area contributed by atoms with Crippen molar-refractivity contribution in [2.45, 2.75) is 31.7 Å². The number of benzene rings is 1. The molecule has 88 valence electrons. The molecule has 0 amide bonds. The molecular formula is C13H17BrClN. The van der Waals surface area contributed by atoms with Gasteiger partial charge in [-0.3, -0.25) is 0 Å². The highest BCUT2D eigenvalue weighted by Gasteiger charge is 2.22. The highest BCUT2D eigenvalue weighted by atomic mass is 79.9. The molecule has 0 spiro atoms. The summed E-state index contributed by atoms with van der Waals surface area (Å²) in [5.41, 5.74) is 1.29. The highest BCUT2D eigenvalue weighted by Crippen LogP contribution is 2.35. The Labute approximate surface area is 111 Å². The van der Waals surface area contributed by atoms with Gasteiger partial charge in [-0.25, -0.2) is 0 Å². The van der Waals surface area contributed by atoms with Crippen molar-refractivity contribution in [3.8, 4) is 0 Å². The Kier molecular flexibility index (Phi) is 4.28. The van der Waals surface area contributed by atoms with Crippen LogP contribution < -0.4 is 5.32 Å². The number of nitrogens with one attached hydrogen (secondary N) is 1. The van der Waals surface area contributed by atoms with E-state index in [1.165, 1.54) is 31.2 Å². The van der Waals surface area contributed by atoms with Gasteiger partial charge in [-0.1, -0.05) is 46.8 Å². The molecule has 0 saturated heterocycles. The average Bonchev–Trinajstić information content (AvgIpc) is 2.14. The number of hydrogen-bond acceptors (Lipinski definition) is 1. The lowest BCUT2D eigenvalue weighted by Gasteiger charge is -2.30. The molecule has 1 nitrogen and oxygen atoms in total. The van der Waals surface area contributed by atoms with Crippen LogP contribution >= 0.6 is 27.5 Å². The minimum atomic E-state index is 0.431. The van der Waals surface area contributed by atoms with Crippen LogP contribution in [0.4, 0.5) is 0 Å². The third-order valence-corrected chi connectivity index (χ3v) is 4.11. The van der Waals surface area contributed by atoms with Crippen LogP contribution in [0.25, 0.3) is 0 Å². The van der Waals surface area contributed by atoms with Crippen molar-refractivity contribution < 1.29 is 0 Å². The molecule has 16 heavy (non-hydrogen) atoms. The van der Waals surface area contributed by atoms with E-state index >= 15 is 0 Å². The van der Waals surface area contributed by atoms with Gasteiger partial charge in [-0.15, -0.1) is 0 Å². The summed E-state index contributed by atoms with van der Waals surface area (Å²) in [7, 11) is 2.03. The van der Waals surface area contributed by atoms with Gasteiger partial charge in [0.2, 0.25) is 0 Å². The third kappa shape index (κ3) is 2.99. The van der Waals surface area contributed by atoms with Crippen LogP contribution in [0, 0.1) is 5.92 Å². The Morgan fingerprint density at radius 1 is 1.44 bits per heavy atom. The van der Waals surface area contributed by atoms with Crippen molar-refractivity contribution in [2.75, 3.05) is 7.05 Å². The predicted octanol–water partition coefficient (Wildman–Crippen LogP) is 4.55. The van der Waals surface area contributed by atoms with Crippen molar-refractivity contribution >= 4 is 27.5 Å². The molecule has 2 rings (SSSR count). The topological polar surface area (TPSA) is 12.0 Å². The highest BCUT2D eigenvalue weighted by molar-refractivity contribution is 9.10. The van der Waals surface area contributed by atoms with Crippen LogP contribution in [-0.4, -0.2) is 7.05 Å². The molecule has 1 aliphatic carbocycles. The van der Waals surface area contributed by atoms with E-state index in [0.29, 0.717) is 6.04 Å². The molecule has 0 bridgehead atoms. The van der Waals surface area contributed by atoms with Gasteiger partial charge in [0.05, 0.1) is 0 Å². The Bertz CT molecular complexity index is 343. The van der Waals surface area contributed by atoms with Crippen LogP contribution in [0.3, 0.4) is 0 Å². The maximum atomic E-state index is 6.08. The van der Waals surface area contributed by atoms with Crippen LogP contribution in [0.1, 0.15) is 37.3 Å². The van der Waals surface area contributed by atoms with E-state index in [-0.39, 0.29) is 0 Å². The van der Waals surface area contributed by atoms with Gasteiger partial charge in [0.1, 0.15) is 0 Å². The minimum absolute atomic E-state index is 0.431. The van der Waals surface area contributed by atoms with Gasteiger partial charge in [-0.2, -0.15) is 0 Å². The molecule has 1 aliphatic rings. The maximum absolute atomic E-state index is 6.08. The fourth-order valence-corrected chi connectivity index (χ4v) is 3.15. The van der Waals surface area contributed by atoms with Crippen LogP contribution in [0.2, 0.25) is 5.02 Å². The second-order valence-corrected chi connectivity index (χ2v) is 5.93. The zero-order valence-corrected chi connectivity index (χ0v) is 11.8. The van der Waals surface area contributed by atoms with Gasteiger partial charge in [0, 0.05) is 15.5 Å². The van der Waals surface area contributed by atoms with Crippen LogP contribution in [0.5, 0.6) is 0 Å². The SMILES string of the molecule is CNC(CC1CCC1)c1cc(Cl)cc(Br)c1. The molecular weight excluding hydrogens is 286 g/mol. The first kappa shape index (κ1) is 12.4. The Morgan fingerprint density at radius 2 is 2.19 bits per heavy atom. The summed E-state index contributed by atoms with van der Waals surface area (Å²) in [6, 6.07) is 6.58. The van der Waals surface area contributed by atoms with E-state index in [9.17, 15) is 0 Å². The van der Waals surface area contributed by atoms with E-state index in [1.807, 2.05) is 13.1 Å². The molecule has 1 unspecified atom stereocenters. The molecule has 1 saturated carbocycles. The van der Waals surface area contributed by atoms with E-state index in [1.54, 1.807) is 0 Å². The fraction of sp³-hybridized carbons (Fsp3) is 0.538. The molecule has 1 fully saturated rings. The van der Waals surface area contributed by atoms with Crippen molar-refractivity contribution in [2.24, 2.45) is 5.92 Å². The zero-order chi connectivity index (χ0) is 11.5. The number of rotatable bonds is 4. The second-order valence-electron chi connectivity index (χ2n) is 4.58. The first-order valence-corrected chi connectivity index (χ1v) is 6.99. The zero-order valence-electron chi connectivity index (χ0n) is 9.47. The first-order chi connectivity index (χ1) is 7.69. The molecule has 1 aromatic rings. The van der Waals surface area contributed by atoms with Gasteiger partial charge < -0.3 is 5.32 Å². The fourth-order valence-electron chi connectivity index (χ4n) is 2.26. The largest absolute Gasteiger partial charge is 0.313 e. The summed E-state index contributed by atoms with van der Waals surface area (Å²) in [5, 5.41) is 4.20. The minimum Gasteiger partial charge on any atom is -0.313 e. The lowest BCUT2D eigenvalue weighted by Crippen LogP contribution is -2.23. The van der Waals surface area contributed by atoms with Crippen molar-refractivity contribution in [3.05, 3.63) is 33.3 Å². The molecule has 0 aromatic heterocycles. The average molecular weight is 303 g/mol. The maximum Gasteiger partial charge on any atom is 0.0420 e. The molecule has 1 aromatic carbocycles. The normalized spacial score (nSPS) is 18.2. The van der Waals surface area contributed by atoms with Gasteiger partial charge in [0.15, 0.2) is 0 Å². The van der Waals surface area contributed by atoms with Gasteiger partial charge in [-0.05, 0) is 43.1 Å². The van der Waals surface area contributed by atoms with E-state index in [4.69, 9.17) is 11.6 Å². The Morgan fingerprint density at radius 3 is 2.69 bits per heavy atom. The lowest BCUT2D eigenvalue weighted by atomic mass is 9.79. The molecule has 0 aliphatic heterocycles. The van der Waals surface area contributed by atoms with E-state index < -0.39 is 0 Å². The Balaban J connectivity index is 2.11. The van der Waals surface area contributed by atoms with Gasteiger partial charge in [0.25, 0.3) is 0 Å². The summed E-state index contributed by atoms with van der Waals surface area (Å²) < 4.78 is 1.06. The molecule has 1 atom stereocenters. The van der Waals surface area contributed by atoms with Crippen LogP contribution in [-0.2, 0) is 0 Å². The van der Waals surface area contributed by atoms with Gasteiger partial charge >= 0.3 is 0 Å². The van der Waals surface area contributed by atoms with Crippen molar-refractivity contribution in [3.63, 3.8) is 0 Å². The summed E-state index contributed by atoms with van der Waals surface area (Å²) in [5.74, 6) is 0.898. The van der Waals surface area contributed by atoms with E-state index in [2.05, 4.69) is 33.4 Å². The number of hydrogen-bond donors (Lipinski definition) is 1. The third-order valence-electron chi connectivity index (χ3n) is 3.43. The van der Waals surface area contributed by atoms with E-state index in [0.717, 1.165) is 15.4 Å². The summed E-state index contributed by atoms with van der Waals surface area (Å²) in [6.45, 7) is 0. The molecule has 1 N–H and O–H groups in total. The second kappa shape index (κ2) is 5.52. The first-order valence-electron chi connectivity index (χ1n) is 5.82. The monoisotopic (exact) mass is 301 g/mol. The molecule has 0 heterocycles. The summed E-state index contributed by atoms with van der Waals surface area (Å²) in [4.78, 5) is 0. The van der Waals surface area contributed by atoms with Crippen LogP contribution in [0.15, 0.2) is 22.7 Å². The van der Waals surface area contributed by atoms with Crippen molar-refractivity contribution in [1.82, 2.24) is 5.32 Å². The Hall–Kier alpha value is -0.0500.